The maximum absolute atomic E-state index is 11.9. The van der Waals surface area contributed by atoms with E-state index in [0.717, 1.165) is 5.56 Å². The zero-order valence-electron chi connectivity index (χ0n) is 11.1. The van der Waals surface area contributed by atoms with E-state index < -0.39 is 6.17 Å². The highest BCUT2D eigenvalue weighted by molar-refractivity contribution is 5.86. The first-order valence-electron chi connectivity index (χ1n) is 5.94. The van der Waals surface area contributed by atoms with Crippen LogP contribution in [0.2, 0.25) is 0 Å². The van der Waals surface area contributed by atoms with Gasteiger partial charge < -0.3 is 15.4 Å². The summed E-state index contributed by atoms with van der Waals surface area (Å²) in [5, 5.41) is 8.02. The Hall–Kier alpha value is -1.92. The van der Waals surface area contributed by atoms with Crippen LogP contribution in [-0.2, 0) is 20.9 Å². The third-order valence-electron chi connectivity index (χ3n) is 2.35. The molecule has 19 heavy (non-hydrogen) atoms. The average Bonchev–Trinajstić information content (AvgIpc) is 2.41. The molecule has 2 amide bonds. The molecule has 0 fully saturated rings. The van der Waals surface area contributed by atoms with Crippen molar-refractivity contribution >= 4 is 11.8 Å². The summed E-state index contributed by atoms with van der Waals surface area (Å²) >= 11 is 0. The van der Waals surface area contributed by atoms with Gasteiger partial charge in [-0.2, -0.15) is 0 Å². The number of amides is 2. The Kier molecular flexibility index (Phi) is 6.56. The number of carbonyl (C=O) groups is 2. The number of nitrogens with one attached hydrogen (secondary N) is 3. The van der Waals surface area contributed by atoms with Crippen LogP contribution in [0.4, 0.5) is 0 Å². The molecule has 1 rings (SSSR count). The number of ether oxygens (including phenoxy) is 1. The number of hydrogen-bond acceptors (Lipinski definition) is 4. The molecule has 0 spiro atoms. The van der Waals surface area contributed by atoms with Crippen molar-refractivity contribution in [1.82, 2.24) is 16.0 Å². The van der Waals surface area contributed by atoms with E-state index >= 15 is 0 Å². The van der Waals surface area contributed by atoms with E-state index in [2.05, 4.69) is 16.0 Å². The van der Waals surface area contributed by atoms with Gasteiger partial charge in [-0.15, -0.1) is 0 Å². The molecule has 0 aliphatic heterocycles. The Morgan fingerprint density at radius 2 is 1.95 bits per heavy atom. The summed E-state index contributed by atoms with van der Waals surface area (Å²) < 4.78 is 4.82. The van der Waals surface area contributed by atoms with E-state index in [0.29, 0.717) is 6.54 Å². The summed E-state index contributed by atoms with van der Waals surface area (Å²) in [6, 6.07) is 9.53. The molecule has 0 heterocycles. The Labute approximate surface area is 112 Å². The maximum atomic E-state index is 11.9. The monoisotopic (exact) mass is 265 g/mol. The van der Waals surface area contributed by atoms with Gasteiger partial charge in [-0.3, -0.25) is 14.9 Å². The Morgan fingerprint density at radius 1 is 1.26 bits per heavy atom. The highest BCUT2D eigenvalue weighted by Gasteiger charge is 2.17. The molecule has 1 atom stereocenters. The third-order valence-corrected chi connectivity index (χ3v) is 2.35. The highest BCUT2D eigenvalue weighted by Crippen LogP contribution is 1.97. The normalized spacial score (nSPS) is 11.7. The average molecular weight is 265 g/mol. The van der Waals surface area contributed by atoms with E-state index in [4.69, 9.17) is 4.74 Å². The van der Waals surface area contributed by atoms with Crippen LogP contribution < -0.4 is 16.0 Å². The van der Waals surface area contributed by atoms with Gasteiger partial charge in [0.1, 0.15) is 0 Å². The van der Waals surface area contributed by atoms with Crippen LogP contribution in [0, 0.1) is 0 Å². The van der Waals surface area contributed by atoms with Crippen LogP contribution in [0.25, 0.3) is 0 Å². The van der Waals surface area contributed by atoms with Crippen molar-refractivity contribution in [3.63, 3.8) is 0 Å². The van der Waals surface area contributed by atoms with E-state index in [1.165, 1.54) is 14.0 Å². The summed E-state index contributed by atoms with van der Waals surface area (Å²) in [5.41, 5.74) is 0.990. The Morgan fingerprint density at radius 3 is 2.53 bits per heavy atom. The molecule has 3 N–H and O–H groups in total. The molecule has 1 aromatic carbocycles. The lowest BCUT2D eigenvalue weighted by Crippen LogP contribution is -2.54. The van der Waals surface area contributed by atoms with Crippen molar-refractivity contribution < 1.29 is 14.3 Å². The van der Waals surface area contributed by atoms with E-state index in [1.54, 1.807) is 0 Å². The molecule has 104 valence electrons. The fourth-order valence-electron chi connectivity index (χ4n) is 1.47. The van der Waals surface area contributed by atoms with E-state index in [9.17, 15) is 9.59 Å². The molecule has 0 aliphatic rings. The fourth-order valence-corrected chi connectivity index (χ4v) is 1.47. The van der Waals surface area contributed by atoms with Crippen LogP contribution in [0.3, 0.4) is 0 Å². The van der Waals surface area contributed by atoms with Gasteiger partial charge in [-0.05, 0) is 5.56 Å². The zero-order chi connectivity index (χ0) is 14.1. The summed E-state index contributed by atoms with van der Waals surface area (Å²) in [7, 11) is 1.50. The second kappa shape index (κ2) is 8.23. The summed E-state index contributed by atoms with van der Waals surface area (Å²) in [6.07, 6.45) is -0.804. The van der Waals surface area contributed by atoms with Gasteiger partial charge >= 0.3 is 0 Å². The highest BCUT2D eigenvalue weighted by atomic mass is 16.5. The van der Waals surface area contributed by atoms with Crippen LogP contribution in [0.15, 0.2) is 30.3 Å². The minimum Gasteiger partial charge on any atom is -0.369 e. The molecule has 6 nitrogen and oxygen atoms in total. The second-order valence-electron chi connectivity index (χ2n) is 3.97. The first-order valence-corrected chi connectivity index (χ1v) is 5.94. The first kappa shape index (κ1) is 15.1. The van der Waals surface area contributed by atoms with Crippen molar-refractivity contribution in [1.29, 1.82) is 0 Å². The molecule has 0 saturated carbocycles. The first-order chi connectivity index (χ1) is 9.13. The standard InChI is InChI=1S/C13H19N3O3/c1-10(17)16-12(15-9-19-2)13(18)14-8-11-6-4-3-5-7-11/h3-7,12,15H,8-9H2,1-2H3,(H,14,18)(H,16,17)/t12-/m0/s1. The largest absolute Gasteiger partial charge is 0.369 e. The number of hydrogen-bond donors (Lipinski definition) is 3. The van der Waals surface area contributed by atoms with Gasteiger partial charge in [0, 0.05) is 20.6 Å². The van der Waals surface area contributed by atoms with Gasteiger partial charge in [0.15, 0.2) is 6.17 Å². The minimum atomic E-state index is -0.804. The van der Waals surface area contributed by atoms with Crippen molar-refractivity contribution in [2.45, 2.75) is 19.6 Å². The Bertz CT molecular complexity index is 409. The van der Waals surface area contributed by atoms with Crippen molar-refractivity contribution in [2.24, 2.45) is 0 Å². The molecular formula is C13H19N3O3. The van der Waals surface area contributed by atoms with E-state index in [-0.39, 0.29) is 18.5 Å². The number of benzene rings is 1. The number of carbonyl (C=O) groups excluding carboxylic acids is 2. The van der Waals surface area contributed by atoms with Crippen LogP contribution in [-0.4, -0.2) is 31.8 Å². The molecule has 0 saturated heterocycles. The van der Waals surface area contributed by atoms with Crippen LogP contribution in [0.1, 0.15) is 12.5 Å². The predicted molar refractivity (Wildman–Crippen MR) is 70.9 cm³/mol. The van der Waals surface area contributed by atoms with Gasteiger partial charge in [0.25, 0.3) is 5.91 Å². The van der Waals surface area contributed by atoms with Gasteiger partial charge in [-0.25, -0.2) is 0 Å². The number of methoxy groups -OCH3 is 1. The zero-order valence-corrected chi connectivity index (χ0v) is 11.1. The van der Waals surface area contributed by atoms with Crippen LogP contribution in [0.5, 0.6) is 0 Å². The third kappa shape index (κ3) is 5.98. The molecular weight excluding hydrogens is 246 g/mol. The summed E-state index contributed by atoms with van der Waals surface area (Å²) in [5.74, 6) is -0.598. The molecule has 6 heteroatoms. The van der Waals surface area contributed by atoms with Crippen LogP contribution >= 0.6 is 0 Å². The van der Waals surface area contributed by atoms with E-state index in [1.807, 2.05) is 30.3 Å². The molecule has 0 radical (unpaired) electrons. The lowest BCUT2D eigenvalue weighted by molar-refractivity contribution is -0.129. The lowest BCUT2D eigenvalue weighted by Gasteiger charge is -2.18. The van der Waals surface area contributed by atoms with Gasteiger partial charge in [0.2, 0.25) is 5.91 Å². The summed E-state index contributed by atoms with van der Waals surface area (Å²) in [6.45, 7) is 1.93. The second-order valence-corrected chi connectivity index (χ2v) is 3.97. The number of rotatable bonds is 7. The smallest absolute Gasteiger partial charge is 0.257 e. The molecule has 1 aromatic rings. The molecule has 0 aromatic heterocycles. The minimum absolute atomic E-state index is 0.170. The van der Waals surface area contributed by atoms with Gasteiger partial charge in [0.05, 0.1) is 6.73 Å². The topological polar surface area (TPSA) is 79.5 Å². The fraction of sp³-hybridized carbons (Fsp3) is 0.385. The van der Waals surface area contributed by atoms with Gasteiger partial charge in [-0.1, -0.05) is 30.3 Å². The molecule has 0 aliphatic carbocycles. The van der Waals surface area contributed by atoms with Crippen molar-refractivity contribution in [3.05, 3.63) is 35.9 Å². The lowest BCUT2D eigenvalue weighted by atomic mass is 10.2. The summed E-state index contributed by atoms with van der Waals surface area (Å²) in [4.78, 5) is 22.9. The quantitative estimate of drug-likeness (QED) is 0.604. The predicted octanol–water partition coefficient (Wildman–Crippen LogP) is -0.0415. The molecule has 0 bridgehead atoms. The molecule has 0 unspecified atom stereocenters. The SMILES string of the molecule is COCN[C@@H](NC(C)=O)C(=O)NCc1ccccc1. The van der Waals surface area contributed by atoms with Crippen molar-refractivity contribution in [3.8, 4) is 0 Å². The maximum Gasteiger partial charge on any atom is 0.257 e. The Balaban J connectivity index is 2.48. The van der Waals surface area contributed by atoms with Crippen molar-refractivity contribution in [2.75, 3.05) is 13.8 Å².